The number of unbranched alkanes of at least 4 members (excludes halogenated alkanes) is 6. The molecule has 0 spiro atoms. The van der Waals surface area contributed by atoms with Crippen LogP contribution in [0.4, 0.5) is 13.2 Å². The van der Waals surface area contributed by atoms with Gasteiger partial charge in [-0.15, -0.1) is 0 Å². The van der Waals surface area contributed by atoms with E-state index in [-0.39, 0.29) is 6.42 Å². The first-order valence-electron chi connectivity index (χ1n) is 13.7. The van der Waals surface area contributed by atoms with Crippen LogP contribution in [0.15, 0.2) is 48.5 Å². The van der Waals surface area contributed by atoms with Gasteiger partial charge in [-0.1, -0.05) is 100 Å². The molecule has 0 bridgehead atoms. The van der Waals surface area contributed by atoms with Crippen LogP contribution in [0.2, 0.25) is 0 Å². The maximum Gasteiger partial charge on any atom is 0.389 e. The third-order valence-corrected chi connectivity index (χ3v) is 7.66. The Kier molecular flexibility index (Phi) is 11.0. The summed E-state index contributed by atoms with van der Waals surface area (Å²) in [6, 6.07) is 17.4. The van der Waals surface area contributed by atoms with Crippen molar-refractivity contribution in [2.75, 3.05) is 0 Å². The lowest BCUT2D eigenvalue weighted by Crippen LogP contribution is -2.13. The van der Waals surface area contributed by atoms with E-state index in [1.54, 1.807) is 0 Å². The number of halogens is 3. The van der Waals surface area contributed by atoms with E-state index in [1.165, 1.54) is 87.3 Å². The van der Waals surface area contributed by atoms with Crippen LogP contribution >= 0.6 is 0 Å². The largest absolute Gasteiger partial charge is 0.389 e. The predicted molar refractivity (Wildman–Crippen MR) is 138 cm³/mol. The van der Waals surface area contributed by atoms with E-state index >= 15 is 0 Å². The summed E-state index contributed by atoms with van der Waals surface area (Å²) >= 11 is 0. The smallest absolute Gasteiger partial charge is 0.171 e. The highest BCUT2D eigenvalue weighted by atomic mass is 19.4. The normalized spacial score (nSPS) is 18.8. The van der Waals surface area contributed by atoms with Gasteiger partial charge in [0, 0.05) is 6.42 Å². The zero-order valence-electron chi connectivity index (χ0n) is 21.0. The lowest BCUT2D eigenvalue weighted by atomic mass is 9.77. The third kappa shape index (κ3) is 9.47. The Balaban J connectivity index is 1.39. The van der Waals surface area contributed by atoms with E-state index < -0.39 is 12.6 Å². The quantitative estimate of drug-likeness (QED) is 0.254. The maximum atomic E-state index is 12.3. The molecule has 3 heteroatoms. The van der Waals surface area contributed by atoms with E-state index in [4.69, 9.17) is 0 Å². The average Bonchev–Trinajstić information content (AvgIpc) is 2.84. The number of rotatable bonds is 13. The van der Waals surface area contributed by atoms with Crippen molar-refractivity contribution in [2.45, 2.75) is 115 Å². The van der Waals surface area contributed by atoms with E-state index in [0.717, 1.165) is 11.5 Å². The Morgan fingerprint density at radius 2 is 1.26 bits per heavy atom. The number of aryl methyl sites for hydroxylation is 1. The van der Waals surface area contributed by atoms with Crippen molar-refractivity contribution >= 4 is 0 Å². The minimum absolute atomic E-state index is 0.202. The zero-order valence-corrected chi connectivity index (χ0v) is 21.0. The van der Waals surface area contributed by atoms with Gasteiger partial charge in [0.2, 0.25) is 0 Å². The highest BCUT2D eigenvalue weighted by molar-refractivity contribution is 5.64. The lowest BCUT2D eigenvalue weighted by molar-refractivity contribution is -0.135. The molecule has 0 heterocycles. The monoisotopic (exact) mass is 472 g/mol. The second kappa shape index (κ2) is 14.0. The fraction of sp³-hybridized carbons (Fsp3) is 0.613. The molecule has 3 rings (SSSR count). The van der Waals surface area contributed by atoms with Gasteiger partial charge >= 0.3 is 6.18 Å². The van der Waals surface area contributed by atoms with Crippen LogP contribution in [0.3, 0.4) is 0 Å². The predicted octanol–water partition coefficient (Wildman–Crippen LogP) is 10.7. The van der Waals surface area contributed by atoms with Crippen molar-refractivity contribution in [1.29, 1.82) is 0 Å². The molecule has 0 radical (unpaired) electrons. The standard InChI is InChI=1S/C31H43F3/c1-2-3-4-5-6-7-10-25-12-16-27(17-13-25)29-20-22-30(23-21-29)28-18-14-26(15-19-28)11-8-9-24-31(32,33)34/h14-15,18-23,25,27H,2-13,16-17,24H2,1H3. The lowest BCUT2D eigenvalue weighted by Gasteiger charge is -2.29. The molecule has 1 saturated carbocycles. The summed E-state index contributed by atoms with van der Waals surface area (Å²) in [7, 11) is 0. The second-order valence-corrected chi connectivity index (χ2v) is 10.4. The van der Waals surface area contributed by atoms with Crippen LogP contribution in [0, 0.1) is 5.92 Å². The molecule has 1 aliphatic carbocycles. The molecule has 0 aliphatic heterocycles. The van der Waals surface area contributed by atoms with E-state index in [2.05, 4.69) is 55.5 Å². The summed E-state index contributed by atoms with van der Waals surface area (Å²) in [5, 5.41) is 0. The molecule has 2 aromatic carbocycles. The first-order valence-corrected chi connectivity index (χ1v) is 13.7. The Morgan fingerprint density at radius 3 is 1.88 bits per heavy atom. The molecule has 1 fully saturated rings. The molecule has 0 aromatic heterocycles. The van der Waals surface area contributed by atoms with Gasteiger partial charge in [-0.05, 0) is 79.0 Å². The minimum Gasteiger partial charge on any atom is -0.171 e. The van der Waals surface area contributed by atoms with Crippen LogP contribution in [0.1, 0.15) is 114 Å². The van der Waals surface area contributed by atoms with Crippen molar-refractivity contribution in [2.24, 2.45) is 5.92 Å². The van der Waals surface area contributed by atoms with Gasteiger partial charge < -0.3 is 0 Å². The van der Waals surface area contributed by atoms with Crippen LogP contribution in [0.25, 0.3) is 11.1 Å². The fourth-order valence-electron chi connectivity index (χ4n) is 5.46. The molecule has 188 valence electrons. The zero-order chi connectivity index (χ0) is 24.2. The molecule has 0 unspecified atom stereocenters. The van der Waals surface area contributed by atoms with Gasteiger partial charge in [0.1, 0.15) is 0 Å². The molecule has 34 heavy (non-hydrogen) atoms. The molecule has 2 aromatic rings. The SMILES string of the molecule is CCCCCCCCC1CCC(c2ccc(-c3ccc(CCCCC(F)(F)F)cc3)cc2)CC1. The highest BCUT2D eigenvalue weighted by Crippen LogP contribution is 2.38. The summed E-state index contributed by atoms with van der Waals surface area (Å²) in [6.07, 6.45) is 12.0. The van der Waals surface area contributed by atoms with Gasteiger partial charge in [0.25, 0.3) is 0 Å². The number of benzene rings is 2. The van der Waals surface area contributed by atoms with Crippen molar-refractivity contribution in [3.63, 3.8) is 0 Å². The van der Waals surface area contributed by atoms with Crippen molar-refractivity contribution < 1.29 is 13.2 Å². The van der Waals surface area contributed by atoms with Gasteiger partial charge in [-0.25, -0.2) is 0 Å². The summed E-state index contributed by atoms with van der Waals surface area (Å²) in [5.74, 6) is 1.64. The molecule has 0 saturated heterocycles. The summed E-state index contributed by atoms with van der Waals surface area (Å²) in [4.78, 5) is 0. The van der Waals surface area contributed by atoms with Gasteiger partial charge in [-0.2, -0.15) is 13.2 Å². The van der Waals surface area contributed by atoms with Crippen molar-refractivity contribution in [1.82, 2.24) is 0 Å². The van der Waals surface area contributed by atoms with Crippen LogP contribution < -0.4 is 0 Å². The minimum atomic E-state index is -4.04. The maximum absolute atomic E-state index is 12.3. The topological polar surface area (TPSA) is 0 Å². The second-order valence-electron chi connectivity index (χ2n) is 10.4. The number of hydrogen-bond acceptors (Lipinski definition) is 0. The molecular weight excluding hydrogens is 429 g/mol. The molecule has 0 nitrogen and oxygen atoms in total. The molecular formula is C31H43F3. The fourth-order valence-corrected chi connectivity index (χ4v) is 5.46. The van der Waals surface area contributed by atoms with Gasteiger partial charge in [0.05, 0.1) is 0 Å². The number of hydrogen-bond donors (Lipinski definition) is 0. The molecule has 0 atom stereocenters. The average molecular weight is 473 g/mol. The summed E-state index contributed by atoms with van der Waals surface area (Å²) < 4.78 is 36.8. The van der Waals surface area contributed by atoms with Crippen LogP contribution in [0.5, 0.6) is 0 Å². The highest BCUT2D eigenvalue weighted by Gasteiger charge is 2.25. The van der Waals surface area contributed by atoms with E-state index in [9.17, 15) is 13.2 Å². The van der Waals surface area contributed by atoms with Crippen molar-refractivity contribution in [3.05, 3.63) is 59.7 Å². The Hall–Kier alpha value is -1.77. The third-order valence-electron chi connectivity index (χ3n) is 7.66. The summed E-state index contributed by atoms with van der Waals surface area (Å²) in [6.45, 7) is 2.28. The Bertz CT molecular complexity index is 796. The van der Waals surface area contributed by atoms with E-state index in [0.29, 0.717) is 18.8 Å². The number of alkyl halides is 3. The first kappa shape index (κ1) is 26.8. The van der Waals surface area contributed by atoms with Gasteiger partial charge in [0.15, 0.2) is 0 Å². The summed E-state index contributed by atoms with van der Waals surface area (Å²) in [5.41, 5.74) is 4.97. The van der Waals surface area contributed by atoms with E-state index in [1.807, 2.05) is 0 Å². The van der Waals surface area contributed by atoms with Crippen molar-refractivity contribution in [3.8, 4) is 11.1 Å². The van der Waals surface area contributed by atoms with Gasteiger partial charge in [-0.3, -0.25) is 0 Å². The molecule has 0 amide bonds. The molecule has 1 aliphatic rings. The molecule has 0 N–H and O–H groups in total. The first-order chi connectivity index (χ1) is 16.4. The Morgan fingerprint density at radius 1 is 0.676 bits per heavy atom. The Labute approximate surface area is 205 Å². The van der Waals surface area contributed by atoms with Crippen LogP contribution in [-0.2, 0) is 6.42 Å². The van der Waals surface area contributed by atoms with Crippen LogP contribution in [-0.4, -0.2) is 6.18 Å².